The van der Waals surface area contributed by atoms with Crippen molar-refractivity contribution >= 4 is 28.7 Å². The highest BCUT2D eigenvalue weighted by molar-refractivity contribution is 6.33. The summed E-state index contributed by atoms with van der Waals surface area (Å²) in [6.07, 6.45) is 0.0775. The number of halogens is 1. The van der Waals surface area contributed by atoms with Gasteiger partial charge in [0, 0.05) is 0 Å². The third-order valence-corrected chi connectivity index (χ3v) is 5.45. The first-order valence-corrected chi connectivity index (χ1v) is 9.20. The maximum atomic E-state index is 10.1. The third kappa shape index (κ3) is 2.66. The van der Waals surface area contributed by atoms with Crippen molar-refractivity contribution in [2.24, 2.45) is 0 Å². The summed E-state index contributed by atoms with van der Waals surface area (Å²) in [4.78, 5) is 12.4. The Morgan fingerprint density at radius 3 is 2.93 bits per heavy atom. The number of ether oxygens (including phenoxy) is 3. The zero-order valence-electron chi connectivity index (χ0n) is 14.7. The molecule has 0 unspecified atom stereocenters. The molecular weight excluding hydrogens is 386 g/mol. The van der Waals surface area contributed by atoms with E-state index in [9.17, 15) is 5.11 Å². The average Bonchev–Trinajstić information content (AvgIpc) is 3.37. The second-order valence-electron chi connectivity index (χ2n) is 6.92. The van der Waals surface area contributed by atoms with Crippen LogP contribution in [0.15, 0.2) is 36.7 Å². The Morgan fingerprint density at radius 2 is 2.14 bits per heavy atom. The fourth-order valence-corrected chi connectivity index (χ4v) is 4.05. The monoisotopic (exact) mass is 403 g/mol. The molecule has 2 saturated heterocycles. The van der Waals surface area contributed by atoms with E-state index in [0.29, 0.717) is 17.8 Å². The zero-order valence-corrected chi connectivity index (χ0v) is 15.5. The van der Waals surface area contributed by atoms with Gasteiger partial charge in [-0.2, -0.15) is 9.97 Å². The predicted molar refractivity (Wildman–Crippen MR) is 99.4 cm³/mol. The van der Waals surface area contributed by atoms with E-state index >= 15 is 0 Å². The van der Waals surface area contributed by atoms with Crippen molar-refractivity contribution in [3.8, 4) is 0 Å². The molecule has 0 spiro atoms. The fraction of sp³-hybridized carbons (Fsp3) is 0.389. The van der Waals surface area contributed by atoms with Crippen LogP contribution in [0.3, 0.4) is 0 Å². The van der Waals surface area contributed by atoms with Crippen LogP contribution in [-0.2, 0) is 20.8 Å². The summed E-state index contributed by atoms with van der Waals surface area (Å²) in [5.41, 5.74) is 6.66. The number of nitrogens with two attached hydrogens (primary N) is 1. The minimum atomic E-state index is -0.955. The van der Waals surface area contributed by atoms with Gasteiger partial charge in [-0.05, 0) is 5.56 Å². The summed E-state index contributed by atoms with van der Waals surface area (Å²) in [6, 6.07) is 9.80. The molecule has 10 heteroatoms. The Labute approximate surface area is 165 Å². The Bertz CT molecular complexity index is 1020. The van der Waals surface area contributed by atoms with Crippen molar-refractivity contribution in [1.82, 2.24) is 19.5 Å². The molecule has 9 nitrogen and oxygen atoms in total. The third-order valence-electron chi connectivity index (χ3n) is 5.18. The summed E-state index contributed by atoms with van der Waals surface area (Å²) >= 11 is 6.12. The van der Waals surface area contributed by atoms with Gasteiger partial charge in [-0.1, -0.05) is 41.9 Å². The first-order valence-electron chi connectivity index (χ1n) is 8.83. The maximum absolute atomic E-state index is 10.1. The van der Waals surface area contributed by atoms with Gasteiger partial charge in [0.2, 0.25) is 5.95 Å². The number of rotatable bonds is 5. The van der Waals surface area contributed by atoms with Gasteiger partial charge < -0.3 is 25.1 Å². The number of fused-ring (bicyclic) bond motifs is 3. The van der Waals surface area contributed by atoms with Crippen molar-refractivity contribution in [2.45, 2.75) is 30.6 Å². The van der Waals surface area contributed by atoms with Gasteiger partial charge in [0.15, 0.2) is 17.0 Å². The number of hydrogen-bond acceptors (Lipinski definition) is 8. The van der Waals surface area contributed by atoms with Crippen molar-refractivity contribution < 1.29 is 19.3 Å². The molecule has 0 radical (unpaired) electrons. The fourth-order valence-electron chi connectivity index (χ4n) is 3.83. The van der Waals surface area contributed by atoms with Crippen LogP contribution in [0.2, 0.25) is 5.15 Å². The molecule has 4 heterocycles. The summed E-state index contributed by atoms with van der Waals surface area (Å²) < 4.78 is 20.0. The van der Waals surface area contributed by atoms with Crippen LogP contribution < -0.4 is 5.73 Å². The van der Waals surface area contributed by atoms with Crippen LogP contribution in [0.4, 0.5) is 5.95 Å². The van der Waals surface area contributed by atoms with E-state index in [2.05, 4.69) is 15.0 Å². The van der Waals surface area contributed by atoms with Crippen molar-refractivity contribution in [3.05, 3.63) is 47.4 Å². The number of hydrogen-bond donors (Lipinski definition) is 2. The Morgan fingerprint density at radius 1 is 1.32 bits per heavy atom. The Kier molecular flexibility index (Phi) is 4.22. The van der Waals surface area contributed by atoms with Gasteiger partial charge in [-0.25, -0.2) is 4.98 Å². The Hall–Kier alpha value is -2.30. The van der Waals surface area contributed by atoms with Crippen LogP contribution >= 0.6 is 11.6 Å². The normalized spacial score (nSPS) is 29.0. The molecule has 2 aliphatic heterocycles. The van der Waals surface area contributed by atoms with E-state index in [-0.39, 0.29) is 24.3 Å². The smallest absolute Gasteiger partial charge is 0.223 e. The lowest BCUT2D eigenvalue weighted by molar-refractivity contribution is -0.187. The number of benzene rings is 1. The SMILES string of the molecule is Nc1nc(Cl)c2ncn([C@@H]3O[C@@]4(CO)CO[C@@H]3[C@@H]4OCc3ccccc3)c2n1. The van der Waals surface area contributed by atoms with E-state index in [1.165, 1.54) is 0 Å². The summed E-state index contributed by atoms with van der Waals surface area (Å²) in [5.74, 6) is 0.0390. The van der Waals surface area contributed by atoms with Gasteiger partial charge in [-0.3, -0.25) is 4.57 Å². The quantitative estimate of drug-likeness (QED) is 0.612. The molecule has 3 aromatic rings. The number of aliphatic hydroxyl groups is 1. The van der Waals surface area contributed by atoms with Crippen LogP contribution in [0.5, 0.6) is 0 Å². The number of aliphatic hydroxyl groups excluding tert-OH is 1. The largest absolute Gasteiger partial charge is 0.393 e. The molecular formula is C18H18ClN5O4. The number of nitrogens with zero attached hydrogens (tertiary/aromatic N) is 4. The van der Waals surface area contributed by atoms with E-state index in [4.69, 9.17) is 31.5 Å². The van der Waals surface area contributed by atoms with Gasteiger partial charge in [0.05, 0.1) is 26.1 Å². The number of imidazole rings is 1. The molecule has 0 amide bonds. The molecule has 146 valence electrons. The van der Waals surface area contributed by atoms with Crippen molar-refractivity contribution in [2.75, 3.05) is 18.9 Å². The lowest BCUT2D eigenvalue weighted by Crippen LogP contribution is -2.45. The van der Waals surface area contributed by atoms with Crippen molar-refractivity contribution in [1.29, 1.82) is 0 Å². The first-order chi connectivity index (χ1) is 13.6. The van der Waals surface area contributed by atoms with Gasteiger partial charge in [0.1, 0.15) is 23.3 Å². The van der Waals surface area contributed by atoms with Crippen LogP contribution in [-0.4, -0.2) is 55.6 Å². The minimum Gasteiger partial charge on any atom is -0.393 e. The summed E-state index contributed by atoms with van der Waals surface area (Å²) in [7, 11) is 0. The molecule has 2 bridgehead atoms. The van der Waals surface area contributed by atoms with Gasteiger partial charge in [-0.15, -0.1) is 0 Å². The number of aromatic nitrogens is 4. The van der Waals surface area contributed by atoms with Crippen LogP contribution in [0.25, 0.3) is 11.2 Å². The van der Waals surface area contributed by atoms with E-state index < -0.39 is 24.0 Å². The lowest BCUT2D eigenvalue weighted by Gasteiger charge is -2.29. The second-order valence-corrected chi connectivity index (χ2v) is 7.28. The summed E-state index contributed by atoms with van der Waals surface area (Å²) in [5, 5.41) is 10.2. The molecule has 2 fully saturated rings. The number of nitrogen functional groups attached to an aromatic ring is 1. The molecule has 28 heavy (non-hydrogen) atoms. The second kappa shape index (κ2) is 6.64. The molecule has 3 N–H and O–H groups in total. The van der Waals surface area contributed by atoms with Crippen LogP contribution in [0.1, 0.15) is 11.8 Å². The van der Waals surface area contributed by atoms with Gasteiger partial charge in [0.25, 0.3) is 0 Å². The first kappa shape index (κ1) is 17.8. The average molecular weight is 404 g/mol. The molecule has 1 aromatic carbocycles. The van der Waals surface area contributed by atoms with E-state index in [1.54, 1.807) is 10.9 Å². The topological polar surface area (TPSA) is 118 Å². The van der Waals surface area contributed by atoms with Crippen LogP contribution in [0, 0.1) is 0 Å². The van der Waals surface area contributed by atoms with E-state index in [1.807, 2.05) is 30.3 Å². The van der Waals surface area contributed by atoms with E-state index in [0.717, 1.165) is 5.56 Å². The molecule has 4 atom stereocenters. The summed E-state index contributed by atoms with van der Waals surface area (Å²) in [6.45, 7) is 0.396. The maximum Gasteiger partial charge on any atom is 0.223 e. The predicted octanol–water partition coefficient (Wildman–Crippen LogP) is 1.31. The highest BCUT2D eigenvalue weighted by Crippen LogP contribution is 2.47. The number of anilines is 1. The standard InChI is InChI=1S/C18H18ClN5O4/c19-14-11-15(23-17(20)22-14)24(9-21-11)16-12-13(18(7-25,28-16)8-27-12)26-6-10-4-2-1-3-5-10/h1-5,9,12-13,16,25H,6-8H2,(H2,20,22,23)/t12-,13+,16-,18+/m1/s1. The minimum absolute atomic E-state index is 0.0390. The molecule has 0 aliphatic carbocycles. The molecule has 0 saturated carbocycles. The zero-order chi connectivity index (χ0) is 19.3. The highest BCUT2D eigenvalue weighted by Gasteiger charge is 2.63. The highest BCUT2D eigenvalue weighted by atomic mass is 35.5. The van der Waals surface area contributed by atoms with Crippen molar-refractivity contribution in [3.63, 3.8) is 0 Å². The molecule has 5 rings (SSSR count). The molecule has 2 aromatic heterocycles. The lowest BCUT2D eigenvalue weighted by atomic mass is 10.00. The Balaban J connectivity index is 1.47. The van der Waals surface area contributed by atoms with Gasteiger partial charge >= 0.3 is 0 Å². The molecule has 2 aliphatic rings.